The summed E-state index contributed by atoms with van der Waals surface area (Å²) in [5.74, 6) is 0.0655. The van der Waals surface area contributed by atoms with Crippen molar-refractivity contribution in [3.05, 3.63) is 35.9 Å². The lowest BCUT2D eigenvalue weighted by Gasteiger charge is -2.22. The highest BCUT2D eigenvalue weighted by Crippen LogP contribution is 2.38. The van der Waals surface area contributed by atoms with Gasteiger partial charge in [0.05, 0.1) is 0 Å². The lowest BCUT2D eigenvalue weighted by atomic mass is 9.95. The minimum Gasteiger partial charge on any atom is -0.354 e. The molecule has 2 unspecified atom stereocenters. The number of hydrogen-bond donors (Lipinski definition) is 1. The van der Waals surface area contributed by atoms with Gasteiger partial charge in [-0.2, -0.15) is 0 Å². The maximum Gasteiger partial charge on any atom is 0.252 e. The molecule has 18 heavy (non-hydrogen) atoms. The molecule has 3 rings (SSSR count). The van der Waals surface area contributed by atoms with Crippen molar-refractivity contribution in [1.29, 1.82) is 0 Å². The smallest absolute Gasteiger partial charge is 0.252 e. The fourth-order valence-electron chi connectivity index (χ4n) is 2.74. The minimum absolute atomic E-state index is 0.0326. The Balaban J connectivity index is 1.53. The predicted molar refractivity (Wildman–Crippen MR) is 69.1 cm³/mol. The van der Waals surface area contributed by atoms with Crippen LogP contribution in [0.25, 0.3) is 0 Å². The van der Waals surface area contributed by atoms with Gasteiger partial charge in [-0.3, -0.25) is 4.79 Å². The Morgan fingerprint density at radius 2 is 1.83 bits per heavy atom. The summed E-state index contributed by atoms with van der Waals surface area (Å²) in [6, 6.07) is 10.3. The van der Waals surface area contributed by atoms with Gasteiger partial charge < -0.3 is 10.1 Å². The Kier molecular flexibility index (Phi) is 3.33. The van der Waals surface area contributed by atoms with Crippen LogP contribution in [-0.2, 0) is 9.53 Å². The summed E-state index contributed by atoms with van der Waals surface area (Å²) in [5.41, 5.74) is 1.10. The maximum absolute atomic E-state index is 12.0. The number of carbonyl (C=O) groups is 1. The molecule has 1 amide bonds. The molecule has 3 heteroatoms. The third-order valence-electron chi connectivity index (χ3n) is 3.83. The van der Waals surface area contributed by atoms with Crippen LogP contribution in [0.3, 0.4) is 0 Å². The van der Waals surface area contributed by atoms with E-state index in [2.05, 4.69) is 5.32 Å². The number of rotatable bonds is 3. The molecule has 0 bridgehead atoms. The van der Waals surface area contributed by atoms with E-state index in [0.29, 0.717) is 6.04 Å². The van der Waals surface area contributed by atoms with Crippen LogP contribution in [0.2, 0.25) is 0 Å². The van der Waals surface area contributed by atoms with Gasteiger partial charge in [-0.25, -0.2) is 0 Å². The number of ether oxygens (including phenoxy) is 1. The average molecular weight is 245 g/mol. The zero-order valence-corrected chi connectivity index (χ0v) is 10.5. The van der Waals surface area contributed by atoms with Crippen molar-refractivity contribution in [1.82, 2.24) is 5.32 Å². The van der Waals surface area contributed by atoms with Crippen LogP contribution < -0.4 is 5.32 Å². The van der Waals surface area contributed by atoms with E-state index in [9.17, 15) is 4.79 Å². The fraction of sp³-hybridized carbons (Fsp3) is 0.533. The van der Waals surface area contributed by atoms with Crippen molar-refractivity contribution in [2.75, 3.05) is 0 Å². The first-order chi connectivity index (χ1) is 8.84. The molecule has 0 aromatic heterocycles. The van der Waals surface area contributed by atoms with E-state index in [1.807, 2.05) is 30.3 Å². The summed E-state index contributed by atoms with van der Waals surface area (Å²) in [5, 5.41) is 3.12. The van der Waals surface area contributed by atoms with Gasteiger partial charge in [0, 0.05) is 6.04 Å². The third-order valence-corrected chi connectivity index (χ3v) is 3.83. The van der Waals surface area contributed by atoms with Crippen molar-refractivity contribution in [3.63, 3.8) is 0 Å². The summed E-state index contributed by atoms with van der Waals surface area (Å²) in [7, 11) is 0. The molecular formula is C15H19NO2. The Labute approximate surface area is 108 Å². The standard InChI is InChI=1S/C15H19NO2/c17-15(16-12-9-5-2-6-10-12)14-13(18-14)11-7-3-1-4-8-11/h1,3-4,7-8,12-14H,2,5-6,9-10H2,(H,16,17). The third kappa shape index (κ3) is 2.56. The van der Waals surface area contributed by atoms with Gasteiger partial charge in [-0.15, -0.1) is 0 Å². The summed E-state index contributed by atoms with van der Waals surface area (Å²) < 4.78 is 5.49. The second kappa shape index (κ2) is 5.11. The second-order valence-corrected chi connectivity index (χ2v) is 5.23. The van der Waals surface area contributed by atoms with Crippen LogP contribution in [0.15, 0.2) is 30.3 Å². The normalized spacial score (nSPS) is 27.8. The molecule has 1 N–H and O–H groups in total. The first kappa shape index (κ1) is 11.7. The zero-order valence-electron chi connectivity index (χ0n) is 10.5. The van der Waals surface area contributed by atoms with Crippen LogP contribution in [0, 0.1) is 0 Å². The number of carbonyl (C=O) groups excluding carboxylic acids is 1. The number of epoxide rings is 1. The Morgan fingerprint density at radius 3 is 2.56 bits per heavy atom. The van der Waals surface area contributed by atoms with Crippen molar-refractivity contribution >= 4 is 5.91 Å². The first-order valence-corrected chi connectivity index (χ1v) is 6.85. The van der Waals surface area contributed by atoms with E-state index in [1.54, 1.807) is 0 Å². The van der Waals surface area contributed by atoms with Gasteiger partial charge in [-0.05, 0) is 18.4 Å². The summed E-state index contributed by atoms with van der Waals surface area (Å²) in [6.07, 6.45) is 5.71. The molecule has 1 heterocycles. The van der Waals surface area contributed by atoms with E-state index < -0.39 is 0 Å². The SMILES string of the molecule is O=C(NC1CCCCC1)C1OC1c1ccccc1. The molecule has 96 valence electrons. The van der Waals surface area contributed by atoms with Gasteiger partial charge in [0.2, 0.25) is 0 Å². The van der Waals surface area contributed by atoms with Crippen molar-refractivity contribution in [3.8, 4) is 0 Å². The summed E-state index contributed by atoms with van der Waals surface area (Å²) in [4.78, 5) is 12.0. The molecule has 3 nitrogen and oxygen atoms in total. The predicted octanol–water partition coefficient (Wildman–Crippen LogP) is 2.58. The summed E-state index contributed by atoms with van der Waals surface area (Å²) >= 11 is 0. The average Bonchev–Trinajstić information content (AvgIpc) is 3.21. The molecule has 2 fully saturated rings. The first-order valence-electron chi connectivity index (χ1n) is 6.85. The molecular weight excluding hydrogens is 226 g/mol. The molecule has 1 aromatic rings. The second-order valence-electron chi connectivity index (χ2n) is 5.23. The highest BCUT2D eigenvalue weighted by Gasteiger charge is 2.46. The zero-order chi connectivity index (χ0) is 12.4. The summed E-state index contributed by atoms with van der Waals surface area (Å²) in [6.45, 7) is 0. The van der Waals surface area contributed by atoms with Crippen molar-refractivity contribution in [2.24, 2.45) is 0 Å². The topological polar surface area (TPSA) is 41.6 Å². The molecule has 1 aliphatic heterocycles. The number of benzene rings is 1. The Bertz CT molecular complexity index is 412. The maximum atomic E-state index is 12.0. The molecule has 1 saturated heterocycles. The number of nitrogens with one attached hydrogen (secondary N) is 1. The van der Waals surface area contributed by atoms with Gasteiger partial charge in [0.1, 0.15) is 6.10 Å². The van der Waals surface area contributed by atoms with Gasteiger partial charge >= 0.3 is 0 Å². The van der Waals surface area contributed by atoms with E-state index in [1.165, 1.54) is 19.3 Å². The van der Waals surface area contributed by atoms with Gasteiger partial charge in [-0.1, -0.05) is 49.6 Å². The molecule has 1 aromatic carbocycles. The quantitative estimate of drug-likeness (QED) is 0.832. The van der Waals surface area contributed by atoms with Crippen LogP contribution in [0.5, 0.6) is 0 Å². The molecule has 1 aliphatic carbocycles. The lowest BCUT2D eigenvalue weighted by molar-refractivity contribution is -0.123. The van der Waals surface area contributed by atoms with Gasteiger partial charge in [0.25, 0.3) is 5.91 Å². The minimum atomic E-state index is -0.269. The monoisotopic (exact) mass is 245 g/mol. The van der Waals surface area contributed by atoms with E-state index in [-0.39, 0.29) is 18.1 Å². The van der Waals surface area contributed by atoms with Crippen LogP contribution in [0.1, 0.15) is 43.8 Å². The molecule has 2 atom stereocenters. The highest BCUT2D eigenvalue weighted by molar-refractivity contribution is 5.84. The van der Waals surface area contributed by atoms with E-state index in [0.717, 1.165) is 18.4 Å². The molecule has 0 spiro atoms. The fourth-order valence-corrected chi connectivity index (χ4v) is 2.74. The largest absolute Gasteiger partial charge is 0.354 e. The van der Waals surface area contributed by atoms with Crippen LogP contribution in [0.4, 0.5) is 0 Å². The molecule has 2 aliphatic rings. The van der Waals surface area contributed by atoms with Crippen molar-refractivity contribution in [2.45, 2.75) is 50.4 Å². The van der Waals surface area contributed by atoms with Crippen LogP contribution in [-0.4, -0.2) is 18.1 Å². The van der Waals surface area contributed by atoms with Crippen molar-refractivity contribution < 1.29 is 9.53 Å². The molecule has 1 saturated carbocycles. The van der Waals surface area contributed by atoms with E-state index in [4.69, 9.17) is 4.74 Å². The van der Waals surface area contributed by atoms with E-state index >= 15 is 0 Å². The molecule has 0 radical (unpaired) electrons. The number of hydrogen-bond acceptors (Lipinski definition) is 2. The Morgan fingerprint density at radius 1 is 1.11 bits per heavy atom. The highest BCUT2D eigenvalue weighted by atomic mass is 16.6. The number of amides is 1. The van der Waals surface area contributed by atoms with Gasteiger partial charge in [0.15, 0.2) is 6.10 Å². The Hall–Kier alpha value is -1.35. The lowest BCUT2D eigenvalue weighted by Crippen LogP contribution is -2.38. The van der Waals surface area contributed by atoms with Crippen LogP contribution >= 0.6 is 0 Å².